The molecule has 0 aliphatic heterocycles. The van der Waals surface area contributed by atoms with Crippen molar-refractivity contribution < 1.29 is 14.0 Å². The summed E-state index contributed by atoms with van der Waals surface area (Å²) >= 11 is 0. The molecule has 35 heavy (non-hydrogen) atoms. The SMILES string of the molecule is O=C(NNC(=O)c1cc2ccccc2oc1=O)c1ccc(Cn2nnc(-c3ccccc3)n2)cc1. The maximum Gasteiger partial charge on any atom is 0.349 e. The van der Waals surface area contributed by atoms with E-state index in [-0.39, 0.29) is 5.56 Å². The van der Waals surface area contributed by atoms with E-state index < -0.39 is 17.4 Å². The van der Waals surface area contributed by atoms with Crippen LogP contribution in [-0.4, -0.2) is 32.0 Å². The molecule has 0 atom stereocenters. The number of hydrogen-bond acceptors (Lipinski definition) is 7. The Balaban J connectivity index is 1.20. The van der Waals surface area contributed by atoms with Gasteiger partial charge < -0.3 is 4.42 Å². The highest BCUT2D eigenvalue weighted by molar-refractivity contribution is 6.00. The Hall–Kier alpha value is -5.12. The molecule has 172 valence electrons. The Bertz CT molecular complexity index is 1580. The Morgan fingerprint density at radius 1 is 0.857 bits per heavy atom. The lowest BCUT2D eigenvalue weighted by Gasteiger charge is -2.08. The van der Waals surface area contributed by atoms with Crippen molar-refractivity contribution >= 4 is 22.8 Å². The topological polar surface area (TPSA) is 132 Å². The van der Waals surface area contributed by atoms with Gasteiger partial charge in [-0.05, 0) is 35.0 Å². The van der Waals surface area contributed by atoms with E-state index in [1.54, 1.807) is 48.5 Å². The molecule has 0 fully saturated rings. The number of nitrogens with one attached hydrogen (secondary N) is 2. The summed E-state index contributed by atoms with van der Waals surface area (Å²) in [6, 6.07) is 24.5. The normalized spacial score (nSPS) is 10.7. The zero-order valence-electron chi connectivity index (χ0n) is 18.2. The number of carbonyl (C=O) groups excluding carboxylic acids is 2. The molecule has 2 aromatic heterocycles. The van der Waals surface area contributed by atoms with E-state index in [1.807, 2.05) is 30.3 Å². The number of hydrazine groups is 1. The van der Waals surface area contributed by atoms with Gasteiger partial charge in [-0.1, -0.05) is 60.7 Å². The van der Waals surface area contributed by atoms with Crippen LogP contribution >= 0.6 is 0 Å². The highest BCUT2D eigenvalue weighted by Gasteiger charge is 2.15. The van der Waals surface area contributed by atoms with Crippen molar-refractivity contribution in [3.8, 4) is 11.4 Å². The molecule has 0 saturated carbocycles. The van der Waals surface area contributed by atoms with Gasteiger partial charge in [0.15, 0.2) is 0 Å². The van der Waals surface area contributed by atoms with Crippen LogP contribution in [0, 0.1) is 0 Å². The Morgan fingerprint density at radius 3 is 2.37 bits per heavy atom. The molecular weight excluding hydrogens is 448 g/mol. The van der Waals surface area contributed by atoms with Gasteiger partial charge in [-0.2, -0.15) is 4.80 Å². The van der Waals surface area contributed by atoms with Crippen molar-refractivity contribution in [2.24, 2.45) is 0 Å². The highest BCUT2D eigenvalue weighted by Crippen LogP contribution is 2.14. The second-order valence-corrected chi connectivity index (χ2v) is 7.60. The number of nitrogens with zero attached hydrogens (tertiary/aromatic N) is 4. The van der Waals surface area contributed by atoms with Crippen molar-refractivity contribution in [2.45, 2.75) is 6.54 Å². The van der Waals surface area contributed by atoms with Crippen molar-refractivity contribution in [3.63, 3.8) is 0 Å². The fraction of sp³-hybridized carbons (Fsp3) is 0.0400. The minimum Gasteiger partial charge on any atom is -0.422 e. The van der Waals surface area contributed by atoms with Crippen molar-refractivity contribution in [1.29, 1.82) is 0 Å². The lowest BCUT2D eigenvalue weighted by molar-refractivity contribution is 0.0844. The first-order valence-electron chi connectivity index (χ1n) is 10.6. The zero-order valence-corrected chi connectivity index (χ0v) is 18.2. The summed E-state index contributed by atoms with van der Waals surface area (Å²) < 4.78 is 5.15. The minimum atomic E-state index is -0.794. The van der Waals surface area contributed by atoms with Gasteiger partial charge in [0, 0.05) is 16.5 Å². The molecule has 0 saturated heterocycles. The van der Waals surface area contributed by atoms with Gasteiger partial charge in [-0.15, -0.1) is 10.2 Å². The Labute approximate surface area is 198 Å². The quantitative estimate of drug-likeness (QED) is 0.301. The number of carbonyl (C=O) groups is 2. The number of hydrogen-bond donors (Lipinski definition) is 2. The summed E-state index contributed by atoms with van der Waals surface area (Å²) in [4.78, 5) is 38.4. The highest BCUT2D eigenvalue weighted by atomic mass is 16.4. The molecule has 0 aliphatic carbocycles. The van der Waals surface area contributed by atoms with Crippen molar-refractivity contribution in [2.75, 3.05) is 0 Å². The van der Waals surface area contributed by atoms with E-state index in [1.165, 1.54) is 10.9 Å². The van der Waals surface area contributed by atoms with Gasteiger partial charge in [0.25, 0.3) is 11.8 Å². The van der Waals surface area contributed by atoms with Crippen LogP contribution in [0.2, 0.25) is 0 Å². The van der Waals surface area contributed by atoms with Crippen molar-refractivity contribution in [3.05, 3.63) is 112 Å². The third-order valence-corrected chi connectivity index (χ3v) is 5.20. The zero-order chi connectivity index (χ0) is 24.2. The summed E-state index contributed by atoms with van der Waals surface area (Å²) in [7, 11) is 0. The average molecular weight is 466 g/mol. The van der Waals surface area contributed by atoms with Gasteiger partial charge in [-0.25, -0.2) is 4.79 Å². The monoisotopic (exact) mass is 466 g/mol. The summed E-state index contributed by atoms with van der Waals surface area (Å²) in [6.45, 7) is 0.371. The predicted octanol–water partition coefficient (Wildman–Crippen LogP) is 2.57. The number of para-hydroxylation sites is 1. The van der Waals surface area contributed by atoms with Crippen LogP contribution in [0.15, 0.2) is 94.1 Å². The summed E-state index contributed by atoms with van der Waals surface area (Å²) in [6.07, 6.45) is 0. The molecule has 2 amide bonds. The van der Waals surface area contributed by atoms with Crippen molar-refractivity contribution in [1.82, 2.24) is 31.1 Å². The maximum absolute atomic E-state index is 12.4. The standard InChI is InChI=1S/C25H18N6O4/c32-23(27-28-24(33)20-14-19-8-4-5-9-21(19)35-25(20)34)18-12-10-16(11-13-18)15-31-29-22(26-30-31)17-6-2-1-3-7-17/h1-14H,15H2,(H,27,32)(H,28,33). The molecule has 0 radical (unpaired) electrons. The van der Waals surface area contributed by atoms with Gasteiger partial charge in [0.2, 0.25) is 5.82 Å². The summed E-state index contributed by atoms with van der Waals surface area (Å²) in [5, 5.41) is 13.1. The molecular formula is C25H18N6O4. The molecule has 10 nitrogen and oxygen atoms in total. The minimum absolute atomic E-state index is 0.213. The van der Waals surface area contributed by atoms with Gasteiger partial charge in [0.05, 0.1) is 6.54 Å². The van der Waals surface area contributed by atoms with E-state index in [2.05, 4.69) is 26.3 Å². The van der Waals surface area contributed by atoms with E-state index in [0.717, 1.165) is 11.1 Å². The van der Waals surface area contributed by atoms with E-state index in [9.17, 15) is 14.4 Å². The average Bonchev–Trinajstić information content (AvgIpc) is 3.36. The molecule has 10 heteroatoms. The van der Waals surface area contributed by atoms with Crippen LogP contribution in [-0.2, 0) is 6.54 Å². The van der Waals surface area contributed by atoms with Crippen LogP contribution in [0.3, 0.4) is 0 Å². The van der Waals surface area contributed by atoms with Gasteiger partial charge >= 0.3 is 5.63 Å². The molecule has 2 heterocycles. The summed E-state index contributed by atoms with van der Waals surface area (Å²) in [5.41, 5.74) is 5.96. The fourth-order valence-corrected chi connectivity index (χ4v) is 3.41. The molecule has 5 aromatic rings. The number of fused-ring (bicyclic) bond motifs is 1. The van der Waals surface area contributed by atoms with Gasteiger partial charge in [0.1, 0.15) is 11.1 Å². The van der Waals surface area contributed by atoms with Crippen LogP contribution in [0.1, 0.15) is 26.3 Å². The first kappa shape index (κ1) is 21.7. The van der Waals surface area contributed by atoms with Crippen LogP contribution < -0.4 is 16.5 Å². The molecule has 0 unspecified atom stereocenters. The Morgan fingerprint density at radius 2 is 1.57 bits per heavy atom. The predicted molar refractivity (Wildman–Crippen MR) is 126 cm³/mol. The lowest BCUT2D eigenvalue weighted by atomic mass is 10.1. The number of aromatic nitrogens is 4. The largest absolute Gasteiger partial charge is 0.422 e. The number of rotatable bonds is 5. The molecule has 2 N–H and O–H groups in total. The third-order valence-electron chi connectivity index (χ3n) is 5.20. The van der Waals surface area contributed by atoms with Crippen LogP contribution in [0.25, 0.3) is 22.4 Å². The second kappa shape index (κ2) is 9.40. The third kappa shape index (κ3) is 4.81. The maximum atomic E-state index is 12.4. The van der Waals surface area contributed by atoms with E-state index >= 15 is 0 Å². The Kier molecular flexibility index (Phi) is 5.83. The molecule has 0 bridgehead atoms. The molecule has 0 spiro atoms. The van der Waals surface area contributed by atoms with Gasteiger partial charge in [-0.3, -0.25) is 20.4 Å². The number of tetrazole rings is 1. The summed E-state index contributed by atoms with van der Waals surface area (Å²) in [5.74, 6) is -0.793. The van der Waals surface area contributed by atoms with E-state index in [0.29, 0.717) is 28.9 Å². The molecule has 0 aliphatic rings. The van der Waals surface area contributed by atoms with E-state index in [4.69, 9.17) is 4.42 Å². The fourth-order valence-electron chi connectivity index (χ4n) is 3.41. The number of amides is 2. The second-order valence-electron chi connectivity index (χ2n) is 7.60. The van der Waals surface area contributed by atoms with Crippen LogP contribution in [0.5, 0.6) is 0 Å². The smallest absolute Gasteiger partial charge is 0.349 e. The molecule has 3 aromatic carbocycles. The molecule has 5 rings (SSSR count). The lowest BCUT2D eigenvalue weighted by Crippen LogP contribution is -2.43. The first-order chi connectivity index (χ1) is 17.1. The van der Waals surface area contributed by atoms with Crippen LogP contribution in [0.4, 0.5) is 0 Å². The first-order valence-corrected chi connectivity index (χ1v) is 10.6. The number of benzene rings is 3.